The molecule has 0 saturated carbocycles. The van der Waals surface area contributed by atoms with Crippen molar-refractivity contribution in [3.63, 3.8) is 0 Å². The fourth-order valence-corrected chi connectivity index (χ4v) is 3.76. The summed E-state index contributed by atoms with van der Waals surface area (Å²) >= 11 is 1.94. The molecular weight excluding hydrogens is 260 g/mol. The van der Waals surface area contributed by atoms with Crippen LogP contribution in [0.1, 0.15) is 40.0 Å². The maximum absolute atomic E-state index is 12.2. The van der Waals surface area contributed by atoms with Crippen molar-refractivity contribution in [2.45, 2.75) is 57.8 Å². The molecule has 0 aromatic heterocycles. The van der Waals surface area contributed by atoms with Gasteiger partial charge in [0.1, 0.15) is 0 Å². The predicted octanol–water partition coefficient (Wildman–Crippen LogP) is 2.48. The third-order valence-electron chi connectivity index (χ3n) is 3.98. The van der Waals surface area contributed by atoms with E-state index in [4.69, 9.17) is 4.74 Å². The molecule has 0 aliphatic carbocycles. The van der Waals surface area contributed by atoms with Gasteiger partial charge in [0.2, 0.25) is 0 Å². The van der Waals surface area contributed by atoms with Crippen LogP contribution in [0.15, 0.2) is 0 Å². The first-order valence-corrected chi connectivity index (χ1v) is 8.43. The molecule has 2 rings (SSSR count). The molecule has 0 aromatic carbocycles. The molecular formula is C14H26N2O2S. The molecule has 2 atom stereocenters. The van der Waals surface area contributed by atoms with Crippen LogP contribution in [-0.4, -0.2) is 53.3 Å². The zero-order chi connectivity index (χ0) is 13.9. The number of hydrogen-bond acceptors (Lipinski definition) is 3. The molecule has 0 radical (unpaired) electrons. The van der Waals surface area contributed by atoms with Gasteiger partial charge < -0.3 is 15.0 Å². The van der Waals surface area contributed by atoms with E-state index >= 15 is 0 Å². The van der Waals surface area contributed by atoms with Crippen LogP contribution in [0, 0.1) is 0 Å². The lowest BCUT2D eigenvalue weighted by Crippen LogP contribution is -2.47. The Kier molecular flexibility index (Phi) is 5.01. The molecule has 2 heterocycles. The molecule has 2 fully saturated rings. The van der Waals surface area contributed by atoms with Crippen LogP contribution in [0.4, 0.5) is 4.79 Å². The zero-order valence-corrected chi connectivity index (χ0v) is 13.1. The lowest BCUT2D eigenvalue weighted by Gasteiger charge is -2.28. The number of carbonyl (C=O) groups excluding carboxylic acids is 1. The highest BCUT2D eigenvalue weighted by Crippen LogP contribution is 2.28. The fourth-order valence-electron chi connectivity index (χ4n) is 2.72. The minimum Gasteiger partial charge on any atom is -0.371 e. The SMILES string of the molecule is C[C@H]1CCSCCN1C(=O)NC[C@@H]1CCC(C)(C)O1. The summed E-state index contributed by atoms with van der Waals surface area (Å²) in [7, 11) is 0. The highest BCUT2D eigenvalue weighted by Gasteiger charge is 2.32. The smallest absolute Gasteiger partial charge is 0.317 e. The minimum absolute atomic E-state index is 0.0259. The van der Waals surface area contributed by atoms with E-state index in [9.17, 15) is 4.79 Å². The van der Waals surface area contributed by atoms with Gasteiger partial charge in [-0.05, 0) is 45.8 Å². The molecule has 0 spiro atoms. The molecule has 4 nitrogen and oxygen atoms in total. The van der Waals surface area contributed by atoms with E-state index in [2.05, 4.69) is 26.1 Å². The maximum atomic E-state index is 12.2. The van der Waals surface area contributed by atoms with Crippen molar-refractivity contribution >= 4 is 17.8 Å². The Labute approximate surface area is 120 Å². The number of carbonyl (C=O) groups is 1. The number of hydrogen-bond donors (Lipinski definition) is 1. The summed E-state index contributed by atoms with van der Waals surface area (Å²) in [5.41, 5.74) is -0.0259. The molecule has 2 aliphatic heterocycles. The highest BCUT2D eigenvalue weighted by molar-refractivity contribution is 7.99. The average Bonchev–Trinajstić information content (AvgIpc) is 2.56. The van der Waals surface area contributed by atoms with Gasteiger partial charge in [0.05, 0.1) is 11.7 Å². The molecule has 5 heteroatoms. The molecule has 2 saturated heterocycles. The van der Waals surface area contributed by atoms with E-state index in [1.54, 1.807) is 0 Å². The van der Waals surface area contributed by atoms with E-state index < -0.39 is 0 Å². The lowest BCUT2D eigenvalue weighted by atomic mass is 10.1. The highest BCUT2D eigenvalue weighted by atomic mass is 32.2. The molecule has 19 heavy (non-hydrogen) atoms. The van der Waals surface area contributed by atoms with Crippen molar-refractivity contribution in [1.82, 2.24) is 10.2 Å². The fraction of sp³-hybridized carbons (Fsp3) is 0.929. The van der Waals surface area contributed by atoms with Crippen LogP contribution >= 0.6 is 11.8 Å². The summed E-state index contributed by atoms with van der Waals surface area (Å²) in [6.07, 6.45) is 3.38. The van der Waals surface area contributed by atoms with Gasteiger partial charge in [0, 0.05) is 24.9 Å². The predicted molar refractivity (Wildman–Crippen MR) is 79.7 cm³/mol. The Bertz CT molecular complexity index is 323. The van der Waals surface area contributed by atoms with Gasteiger partial charge in [-0.2, -0.15) is 11.8 Å². The minimum atomic E-state index is -0.0259. The van der Waals surface area contributed by atoms with Gasteiger partial charge in [-0.15, -0.1) is 0 Å². The van der Waals surface area contributed by atoms with E-state index in [0.717, 1.165) is 37.3 Å². The summed E-state index contributed by atoms with van der Waals surface area (Å²) < 4.78 is 5.90. The first kappa shape index (κ1) is 15.0. The standard InChI is InChI=1S/C14H26N2O2S/c1-11-5-8-19-9-7-16(11)13(17)15-10-12-4-6-14(2,3)18-12/h11-12H,4-10H2,1-3H3,(H,15,17)/t11-,12-/m0/s1. The molecule has 0 unspecified atom stereocenters. The third-order valence-corrected chi connectivity index (χ3v) is 4.98. The van der Waals surface area contributed by atoms with Gasteiger partial charge in [-0.3, -0.25) is 0 Å². The van der Waals surface area contributed by atoms with E-state index in [1.165, 1.54) is 0 Å². The van der Waals surface area contributed by atoms with Crippen LogP contribution in [0.5, 0.6) is 0 Å². The number of thioether (sulfide) groups is 1. The molecule has 0 bridgehead atoms. The Hall–Kier alpha value is -0.420. The quantitative estimate of drug-likeness (QED) is 0.848. The molecule has 1 N–H and O–H groups in total. The number of ether oxygens (including phenoxy) is 1. The number of nitrogens with one attached hydrogen (secondary N) is 1. The Morgan fingerprint density at radius 1 is 1.42 bits per heavy atom. The zero-order valence-electron chi connectivity index (χ0n) is 12.3. The summed E-state index contributed by atoms with van der Waals surface area (Å²) in [6.45, 7) is 7.86. The topological polar surface area (TPSA) is 41.6 Å². The second-order valence-electron chi connectivity index (χ2n) is 6.17. The van der Waals surface area contributed by atoms with E-state index in [0.29, 0.717) is 12.6 Å². The Morgan fingerprint density at radius 2 is 2.21 bits per heavy atom. The summed E-state index contributed by atoms with van der Waals surface area (Å²) in [6, 6.07) is 0.416. The summed E-state index contributed by atoms with van der Waals surface area (Å²) in [5.74, 6) is 2.20. The van der Waals surface area contributed by atoms with Crippen LogP contribution in [0.25, 0.3) is 0 Å². The van der Waals surface area contributed by atoms with Gasteiger partial charge in [-0.1, -0.05) is 0 Å². The van der Waals surface area contributed by atoms with Gasteiger partial charge in [0.25, 0.3) is 0 Å². The van der Waals surface area contributed by atoms with Crippen LogP contribution in [-0.2, 0) is 4.74 Å². The molecule has 110 valence electrons. The first-order valence-electron chi connectivity index (χ1n) is 7.28. The summed E-state index contributed by atoms with van der Waals surface area (Å²) in [4.78, 5) is 14.2. The van der Waals surface area contributed by atoms with Crippen LogP contribution in [0.3, 0.4) is 0 Å². The van der Waals surface area contributed by atoms with Crippen LogP contribution in [0.2, 0.25) is 0 Å². The summed E-state index contributed by atoms with van der Waals surface area (Å²) in [5, 5.41) is 3.04. The first-order chi connectivity index (χ1) is 8.98. The van der Waals surface area contributed by atoms with Crippen molar-refractivity contribution in [2.24, 2.45) is 0 Å². The second kappa shape index (κ2) is 6.35. The Balaban J connectivity index is 1.77. The average molecular weight is 286 g/mol. The number of urea groups is 1. The second-order valence-corrected chi connectivity index (χ2v) is 7.39. The Morgan fingerprint density at radius 3 is 2.89 bits per heavy atom. The largest absolute Gasteiger partial charge is 0.371 e. The van der Waals surface area contributed by atoms with Gasteiger partial charge >= 0.3 is 6.03 Å². The van der Waals surface area contributed by atoms with Crippen molar-refractivity contribution < 1.29 is 9.53 Å². The molecule has 2 aliphatic rings. The molecule has 0 aromatic rings. The van der Waals surface area contributed by atoms with Gasteiger partial charge in [0.15, 0.2) is 0 Å². The van der Waals surface area contributed by atoms with E-state index in [-0.39, 0.29) is 17.7 Å². The normalized spacial score (nSPS) is 31.0. The van der Waals surface area contributed by atoms with Crippen molar-refractivity contribution in [2.75, 3.05) is 24.6 Å². The van der Waals surface area contributed by atoms with E-state index in [1.807, 2.05) is 16.7 Å². The van der Waals surface area contributed by atoms with Crippen molar-refractivity contribution in [1.29, 1.82) is 0 Å². The molecule has 2 amide bonds. The lowest BCUT2D eigenvalue weighted by molar-refractivity contribution is -0.0136. The van der Waals surface area contributed by atoms with Gasteiger partial charge in [-0.25, -0.2) is 4.79 Å². The van der Waals surface area contributed by atoms with Crippen molar-refractivity contribution in [3.8, 4) is 0 Å². The maximum Gasteiger partial charge on any atom is 0.317 e. The number of amides is 2. The third kappa shape index (κ3) is 4.28. The van der Waals surface area contributed by atoms with Crippen LogP contribution < -0.4 is 5.32 Å². The number of nitrogens with zero attached hydrogens (tertiary/aromatic N) is 1. The van der Waals surface area contributed by atoms with Crippen molar-refractivity contribution in [3.05, 3.63) is 0 Å². The number of rotatable bonds is 2. The monoisotopic (exact) mass is 286 g/mol.